The number of hydrogen-bond donors (Lipinski definition) is 4. The summed E-state index contributed by atoms with van der Waals surface area (Å²) in [6.45, 7) is 1.94. The second kappa shape index (κ2) is 20.3. The monoisotopic (exact) mass is 848 g/mol. The molecule has 0 saturated heterocycles. The van der Waals surface area contributed by atoms with Crippen LogP contribution in [-0.4, -0.2) is 86.1 Å². The second-order valence-electron chi connectivity index (χ2n) is 13.9. The highest BCUT2D eigenvalue weighted by Gasteiger charge is 2.34. The van der Waals surface area contributed by atoms with Crippen molar-refractivity contribution in [2.24, 2.45) is 5.92 Å². The molecule has 1 atom stereocenters. The Bertz CT molecular complexity index is 2330. The SMILES string of the molecule is CCCC(CCCCNC(=O)CCCc1ccc(S(=O)(=O)N(CCCS(=O)(=O)O)C(=O)c2c3ccccc3[n+](CCCS(=O)(=O)O)c3ccccc23)cc1)C(=O)O. The number of nitrogens with one attached hydrogen (secondary N) is 1. The van der Waals surface area contributed by atoms with Crippen LogP contribution >= 0.6 is 0 Å². The van der Waals surface area contributed by atoms with Crippen LogP contribution in [0.5, 0.6) is 0 Å². The van der Waals surface area contributed by atoms with Crippen LogP contribution in [0.2, 0.25) is 0 Å². The predicted octanol–water partition coefficient (Wildman–Crippen LogP) is 4.78. The molecule has 4 rings (SSSR count). The number of amides is 2. The first-order valence-corrected chi connectivity index (χ1v) is 23.5. The van der Waals surface area contributed by atoms with E-state index in [-0.39, 0.29) is 41.7 Å². The van der Waals surface area contributed by atoms with Crippen LogP contribution in [0.15, 0.2) is 77.7 Å². The van der Waals surface area contributed by atoms with Gasteiger partial charge in [-0.3, -0.25) is 23.5 Å². The molecule has 3 aromatic carbocycles. The predicted molar refractivity (Wildman–Crippen MR) is 214 cm³/mol. The highest BCUT2D eigenvalue weighted by atomic mass is 32.2. The Morgan fingerprint density at radius 2 is 1.32 bits per heavy atom. The van der Waals surface area contributed by atoms with Crippen molar-refractivity contribution in [1.82, 2.24) is 9.62 Å². The Balaban J connectivity index is 1.54. The largest absolute Gasteiger partial charge is 0.481 e. The first-order chi connectivity index (χ1) is 26.9. The summed E-state index contributed by atoms with van der Waals surface area (Å²) in [6.07, 6.45) is 4.13. The molecule has 0 bridgehead atoms. The molecular weight excluding hydrogens is 799 g/mol. The highest BCUT2D eigenvalue weighted by molar-refractivity contribution is 7.89. The lowest BCUT2D eigenvalue weighted by Gasteiger charge is -2.24. The van der Waals surface area contributed by atoms with Crippen LogP contribution in [0.25, 0.3) is 21.8 Å². The van der Waals surface area contributed by atoms with E-state index in [1.807, 2.05) is 6.92 Å². The third-order valence-corrected chi connectivity index (χ3v) is 13.0. The third-order valence-electron chi connectivity index (χ3n) is 9.58. The number of carbonyl (C=O) groups excluding carboxylic acids is 2. The van der Waals surface area contributed by atoms with Crippen LogP contribution in [0, 0.1) is 5.92 Å². The van der Waals surface area contributed by atoms with Crippen LogP contribution in [-0.2, 0) is 52.8 Å². The summed E-state index contributed by atoms with van der Waals surface area (Å²) in [5.74, 6) is -3.57. The van der Waals surface area contributed by atoms with E-state index in [1.165, 1.54) is 12.1 Å². The van der Waals surface area contributed by atoms with Gasteiger partial charge < -0.3 is 10.4 Å². The molecule has 57 heavy (non-hydrogen) atoms. The van der Waals surface area contributed by atoms with Crippen molar-refractivity contribution >= 4 is 69.8 Å². The van der Waals surface area contributed by atoms with E-state index in [9.17, 15) is 53.8 Å². The fraction of sp³-hybridized carbons (Fsp3) is 0.436. The zero-order valence-corrected chi connectivity index (χ0v) is 34.2. The van der Waals surface area contributed by atoms with E-state index in [2.05, 4.69) is 5.32 Å². The Morgan fingerprint density at radius 1 is 0.737 bits per heavy atom. The van der Waals surface area contributed by atoms with Crippen molar-refractivity contribution in [2.45, 2.75) is 82.6 Å². The fourth-order valence-electron chi connectivity index (χ4n) is 6.82. The van der Waals surface area contributed by atoms with Crippen molar-refractivity contribution < 1.29 is 58.4 Å². The second-order valence-corrected chi connectivity index (χ2v) is 18.9. The number of hydrogen-bond acceptors (Lipinski definition) is 9. The van der Waals surface area contributed by atoms with Crippen molar-refractivity contribution in [1.29, 1.82) is 0 Å². The standard InChI is InChI=1S/C39H49N3O12S3/c1-2-12-30(39(45)46)14-7-8-24-40-36(43)19-9-13-29-20-22-31(23-21-29)57(53,54)42(26-11-28-56(50,51)52)38(44)37-32-15-3-5-17-34(32)41(25-10-27-55(47,48)49)35-18-6-4-16-33(35)37/h3-6,15-18,20-23,30H,2,7-14,19,24-28H2,1H3,(H3-,40,43,45,46,47,48,49,50,51,52)/p+1. The number of aromatic nitrogens is 1. The van der Waals surface area contributed by atoms with Crippen LogP contribution in [0.4, 0.5) is 0 Å². The Labute approximate surface area is 333 Å². The number of sulfonamides is 1. The molecule has 0 aliphatic rings. The summed E-state index contributed by atoms with van der Waals surface area (Å²) in [5, 5.41) is 12.8. The molecule has 0 spiro atoms. The average Bonchev–Trinajstić information content (AvgIpc) is 3.14. The number of carboxylic acid groups (broad SMARTS) is 1. The molecule has 18 heteroatoms. The zero-order valence-electron chi connectivity index (χ0n) is 31.7. The lowest BCUT2D eigenvalue weighted by molar-refractivity contribution is -0.645. The van der Waals surface area contributed by atoms with Crippen molar-refractivity contribution in [3.8, 4) is 0 Å². The molecule has 15 nitrogen and oxygen atoms in total. The maximum atomic E-state index is 14.6. The molecule has 0 aliphatic heterocycles. The summed E-state index contributed by atoms with van der Waals surface area (Å²) >= 11 is 0. The molecule has 0 radical (unpaired) electrons. The number of para-hydroxylation sites is 2. The van der Waals surface area contributed by atoms with Gasteiger partial charge in [-0.2, -0.15) is 21.4 Å². The van der Waals surface area contributed by atoms with Gasteiger partial charge in [0, 0.05) is 38.1 Å². The van der Waals surface area contributed by atoms with E-state index >= 15 is 0 Å². The third kappa shape index (κ3) is 13.0. The van der Waals surface area contributed by atoms with Gasteiger partial charge in [0.1, 0.15) is 0 Å². The minimum atomic E-state index is -4.61. The van der Waals surface area contributed by atoms with Crippen LogP contribution in [0.1, 0.15) is 80.6 Å². The summed E-state index contributed by atoms with van der Waals surface area (Å²) in [6, 6.07) is 19.2. The molecule has 4 aromatic rings. The van der Waals surface area contributed by atoms with E-state index in [0.29, 0.717) is 71.2 Å². The number of pyridine rings is 1. The maximum absolute atomic E-state index is 14.6. The van der Waals surface area contributed by atoms with E-state index in [1.54, 1.807) is 65.2 Å². The number of benzene rings is 3. The highest BCUT2D eigenvalue weighted by Crippen LogP contribution is 2.29. The quantitative estimate of drug-likeness (QED) is 0.0342. The number of nitrogens with zero attached hydrogens (tertiary/aromatic N) is 2. The molecule has 0 aliphatic carbocycles. The van der Waals surface area contributed by atoms with Gasteiger partial charge in [0.15, 0.2) is 6.54 Å². The Hall–Kier alpha value is -4.49. The summed E-state index contributed by atoms with van der Waals surface area (Å²) < 4.78 is 95.8. The topological polar surface area (TPSA) is 233 Å². The van der Waals surface area contributed by atoms with Gasteiger partial charge in [-0.1, -0.05) is 56.2 Å². The molecule has 1 unspecified atom stereocenters. The van der Waals surface area contributed by atoms with Gasteiger partial charge >= 0.3 is 5.97 Å². The minimum Gasteiger partial charge on any atom is -0.481 e. The van der Waals surface area contributed by atoms with Crippen molar-refractivity contribution in [3.05, 3.63) is 83.9 Å². The van der Waals surface area contributed by atoms with Crippen LogP contribution < -0.4 is 9.88 Å². The van der Waals surface area contributed by atoms with Gasteiger partial charge in [-0.15, -0.1) is 0 Å². The Morgan fingerprint density at radius 3 is 1.88 bits per heavy atom. The summed E-state index contributed by atoms with van der Waals surface area (Å²) in [5.41, 5.74) is 1.72. The zero-order chi connectivity index (χ0) is 41.8. The fourth-order valence-corrected chi connectivity index (χ4v) is 9.22. The first-order valence-electron chi connectivity index (χ1n) is 18.8. The van der Waals surface area contributed by atoms with Crippen LogP contribution in [0.3, 0.4) is 0 Å². The normalized spacial score (nSPS) is 12.8. The van der Waals surface area contributed by atoms with E-state index in [0.717, 1.165) is 12.0 Å². The van der Waals surface area contributed by atoms with Gasteiger partial charge in [0.05, 0.1) is 38.7 Å². The molecule has 310 valence electrons. The smallest absolute Gasteiger partial charge is 0.306 e. The summed E-state index contributed by atoms with van der Waals surface area (Å²) in [7, 11) is -13.4. The average molecular weight is 849 g/mol. The lowest BCUT2D eigenvalue weighted by atomic mass is 9.97. The molecule has 0 fully saturated rings. The van der Waals surface area contributed by atoms with E-state index in [4.69, 9.17) is 0 Å². The maximum Gasteiger partial charge on any atom is 0.306 e. The van der Waals surface area contributed by atoms with Crippen molar-refractivity contribution in [2.75, 3.05) is 24.6 Å². The molecule has 1 heterocycles. The van der Waals surface area contributed by atoms with Gasteiger partial charge in [-0.25, -0.2) is 12.7 Å². The molecular formula is C39H50N3O12S3+. The number of carbonyl (C=O) groups is 3. The minimum absolute atomic E-state index is 0.0125. The van der Waals surface area contributed by atoms with Gasteiger partial charge in [0.25, 0.3) is 36.2 Å². The molecule has 4 N–H and O–H groups in total. The van der Waals surface area contributed by atoms with Gasteiger partial charge in [0.2, 0.25) is 16.9 Å². The molecule has 1 aromatic heterocycles. The van der Waals surface area contributed by atoms with Crippen molar-refractivity contribution in [3.63, 3.8) is 0 Å². The lowest BCUT2D eigenvalue weighted by Crippen LogP contribution is -2.41. The molecule has 2 amide bonds. The number of unbranched alkanes of at least 4 members (excludes halogenated alkanes) is 1. The molecule has 0 saturated carbocycles. The first kappa shape index (κ1) is 45.2. The number of aliphatic carboxylic acids is 1. The van der Waals surface area contributed by atoms with Gasteiger partial charge in [-0.05, 0) is 68.4 Å². The Kier molecular flexibility index (Phi) is 16.1. The number of aryl methyl sites for hydroxylation is 2. The number of fused-ring (bicyclic) bond motifs is 2. The van der Waals surface area contributed by atoms with E-state index < -0.39 is 66.6 Å². The summed E-state index contributed by atoms with van der Waals surface area (Å²) in [4.78, 5) is 38.1. The number of rotatable bonds is 23. The number of carboxylic acids is 1.